The molecule has 1 heterocycles. The minimum atomic E-state index is -0.430. The van der Waals surface area contributed by atoms with Gasteiger partial charge >= 0.3 is 5.97 Å². The van der Waals surface area contributed by atoms with Gasteiger partial charge in [0.25, 0.3) is 5.91 Å². The van der Waals surface area contributed by atoms with Crippen LogP contribution in [-0.2, 0) is 22.4 Å². The molecule has 0 radical (unpaired) electrons. The topological polar surface area (TPSA) is 84.1 Å². The standard InChI is InChI=1S/C19H25N3O3/c1-3-8-16-12-17(22-21-16)18(23)20-13-15(19(24)25-4-2)11-14-9-6-5-7-10-14/h5-7,9-10,12,15H,3-4,8,11,13H2,1-2H3,(H,20,23)(H,21,22). The van der Waals surface area contributed by atoms with Crippen molar-refractivity contribution in [1.29, 1.82) is 0 Å². The number of benzene rings is 1. The number of esters is 1. The number of aryl methyl sites for hydroxylation is 1. The Labute approximate surface area is 148 Å². The van der Waals surface area contributed by atoms with Crippen LogP contribution < -0.4 is 5.32 Å². The average molecular weight is 343 g/mol. The van der Waals surface area contributed by atoms with E-state index < -0.39 is 5.92 Å². The monoisotopic (exact) mass is 343 g/mol. The number of nitrogens with one attached hydrogen (secondary N) is 2. The number of hydrogen-bond acceptors (Lipinski definition) is 4. The van der Waals surface area contributed by atoms with Gasteiger partial charge in [-0.15, -0.1) is 0 Å². The van der Waals surface area contributed by atoms with E-state index in [9.17, 15) is 9.59 Å². The van der Waals surface area contributed by atoms with Gasteiger partial charge in [-0.05, 0) is 31.4 Å². The normalized spacial score (nSPS) is 11.8. The summed E-state index contributed by atoms with van der Waals surface area (Å²) in [5.41, 5.74) is 2.30. The number of hydrogen-bond donors (Lipinski definition) is 2. The van der Waals surface area contributed by atoms with Gasteiger partial charge in [-0.25, -0.2) is 0 Å². The van der Waals surface area contributed by atoms with Crippen LogP contribution in [-0.4, -0.2) is 35.2 Å². The van der Waals surface area contributed by atoms with Gasteiger partial charge in [0.2, 0.25) is 0 Å². The van der Waals surface area contributed by atoms with Crippen molar-refractivity contribution in [2.45, 2.75) is 33.1 Å². The van der Waals surface area contributed by atoms with Crippen molar-refractivity contribution in [2.75, 3.05) is 13.2 Å². The fraction of sp³-hybridized carbons (Fsp3) is 0.421. The Balaban J connectivity index is 1.97. The Morgan fingerprint density at radius 1 is 1.24 bits per heavy atom. The fourth-order valence-electron chi connectivity index (χ4n) is 2.58. The molecule has 0 aliphatic carbocycles. The van der Waals surface area contributed by atoms with Crippen LogP contribution >= 0.6 is 0 Å². The Bertz CT molecular complexity index is 682. The SMILES string of the molecule is CCCc1cc(C(=O)NCC(Cc2ccccc2)C(=O)OCC)n[nH]1. The van der Waals surface area contributed by atoms with Gasteiger partial charge in [-0.1, -0.05) is 43.7 Å². The molecule has 2 rings (SSSR count). The number of carbonyl (C=O) groups excluding carboxylic acids is 2. The Morgan fingerprint density at radius 2 is 2.00 bits per heavy atom. The zero-order chi connectivity index (χ0) is 18.1. The predicted octanol–water partition coefficient (Wildman–Crippen LogP) is 2.51. The maximum atomic E-state index is 12.3. The molecular formula is C19H25N3O3. The van der Waals surface area contributed by atoms with Crippen LogP contribution in [0.2, 0.25) is 0 Å². The summed E-state index contributed by atoms with van der Waals surface area (Å²) in [6.07, 6.45) is 2.34. The van der Waals surface area contributed by atoms with E-state index in [1.807, 2.05) is 30.3 Å². The highest BCUT2D eigenvalue weighted by Gasteiger charge is 2.22. The lowest BCUT2D eigenvalue weighted by atomic mass is 9.99. The van der Waals surface area contributed by atoms with Crippen molar-refractivity contribution in [3.05, 3.63) is 53.3 Å². The number of carbonyl (C=O) groups is 2. The van der Waals surface area contributed by atoms with Gasteiger partial charge in [-0.2, -0.15) is 5.10 Å². The molecule has 1 aromatic carbocycles. The lowest BCUT2D eigenvalue weighted by Gasteiger charge is -2.16. The highest BCUT2D eigenvalue weighted by molar-refractivity contribution is 5.92. The van der Waals surface area contributed by atoms with Gasteiger partial charge in [0.15, 0.2) is 0 Å². The second-order valence-corrected chi connectivity index (χ2v) is 5.88. The molecule has 0 fully saturated rings. The van der Waals surface area contributed by atoms with Crippen LogP contribution in [0.15, 0.2) is 36.4 Å². The molecule has 0 saturated heterocycles. The number of ether oxygens (including phenoxy) is 1. The largest absolute Gasteiger partial charge is 0.466 e. The molecular weight excluding hydrogens is 318 g/mol. The van der Waals surface area contributed by atoms with Gasteiger partial charge in [-0.3, -0.25) is 14.7 Å². The molecule has 1 amide bonds. The van der Waals surface area contributed by atoms with Crippen LogP contribution in [0.5, 0.6) is 0 Å². The summed E-state index contributed by atoms with van der Waals surface area (Å²) in [6.45, 7) is 4.36. The average Bonchev–Trinajstić information content (AvgIpc) is 3.08. The highest BCUT2D eigenvalue weighted by Crippen LogP contribution is 2.11. The molecule has 2 N–H and O–H groups in total. The van der Waals surface area contributed by atoms with E-state index in [1.165, 1.54) is 0 Å². The Hall–Kier alpha value is -2.63. The van der Waals surface area contributed by atoms with E-state index in [1.54, 1.807) is 13.0 Å². The minimum Gasteiger partial charge on any atom is -0.466 e. The molecule has 0 aliphatic heterocycles. The smallest absolute Gasteiger partial charge is 0.311 e. The van der Waals surface area contributed by atoms with Crippen molar-refractivity contribution in [3.8, 4) is 0 Å². The van der Waals surface area contributed by atoms with E-state index >= 15 is 0 Å². The summed E-state index contributed by atoms with van der Waals surface area (Å²) in [5.74, 6) is -1.03. The molecule has 0 spiro atoms. The lowest BCUT2D eigenvalue weighted by molar-refractivity contribution is -0.147. The molecule has 134 valence electrons. The number of H-pyrrole nitrogens is 1. The van der Waals surface area contributed by atoms with Crippen LogP contribution in [0.25, 0.3) is 0 Å². The first-order valence-electron chi connectivity index (χ1n) is 8.67. The van der Waals surface area contributed by atoms with Gasteiger partial charge in [0, 0.05) is 12.2 Å². The Kier molecular flexibility index (Phi) is 7.19. The number of nitrogens with zero attached hydrogens (tertiary/aromatic N) is 1. The summed E-state index contributed by atoms with van der Waals surface area (Å²) >= 11 is 0. The molecule has 6 nitrogen and oxygen atoms in total. The molecule has 0 saturated carbocycles. The molecule has 25 heavy (non-hydrogen) atoms. The molecule has 0 bridgehead atoms. The first-order chi connectivity index (χ1) is 12.1. The molecule has 0 aliphatic rings. The molecule has 1 atom stereocenters. The lowest BCUT2D eigenvalue weighted by Crippen LogP contribution is -2.35. The summed E-state index contributed by atoms with van der Waals surface area (Å²) < 4.78 is 5.14. The van der Waals surface area contributed by atoms with Gasteiger partial charge in [0.1, 0.15) is 5.69 Å². The third kappa shape index (κ3) is 5.74. The van der Waals surface area contributed by atoms with Crippen LogP contribution in [0.1, 0.15) is 42.0 Å². The summed E-state index contributed by atoms with van der Waals surface area (Å²) in [4.78, 5) is 24.4. The summed E-state index contributed by atoms with van der Waals surface area (Å²) in [6, 6.07) is 11.4. The summed E-state index contributed by atoms with van der Waals surface area (Å²) in [5, 5.41) is 9.67. The van der Waals surface area contributed by atoms with Gasteiger partial charge < -0.3 is 10.1 Å². The summed E-state index contributed by atoms with van der Waals surface area (Å²) in [7, 11) is 0. The molecule has 1 unspecified atom stereocenters. The van der Waals surface area contributed by atoms with Gasteiger partial charge in [0.05, 0.1) is 12.5 Å². The quantitative estimate of drug-likeness (QED) is 0.685. The second-order valence-electron chi connectivity index (χ2n) is 5.88. The Morgan fingerprint density at radius 3 is 2.68 bits per heavy atom. The molecule has 2 aromatic rings. The van der Waals surface area contributed by atoms with E-state index in [-0.39, 0.29) is 18.4 Å². The first-order valence-corrected chi connectivity index (χ1v) is 8.67. The van der Waals surface area contributed by atoms with Crippen molar-refractivity contribution in [2.24, 2.45) is 5.92 Å². The zero-order valence-corrected chi connectivity index (χ0v) is 14.7. The minimum absolute atomic E-state index is 0.211. The zero-order valence-electron chi connectivity index (χ0n) is 14.7. The highest BCUT2D eigenvalue weighted by atomic mass is 16.5. The van der Waals surface area contributed by atoms with Crippen LogP contribution in [0.3, 0.4) is 0 Å². The predicted molar refractivity (Wildman–Crippen MR) is 95.2 cm³/mol. The number of amides is 1. The third-order valence-corrected chi connectivity index (χ3v) is 3.84. The maximum absolute atomic E-state index is 12.3. The second kappa shape index (κ2) is 9.61. The molecule has 1 aromatic heterocycles. The fourth-order valence-corrected chi connectivity index (χ4v) is 2.58. The van der Waals surface area contributed by atoms with Crippen molar-refractivity contribution < 1.29 is 14.3 Å². The first kappa shape index (κ1) is 18.7. The van der Waals surface area contributed by atoms with E-state index in [0.29, 0.717) is 18.7 Å². The van der Waals surface area contributed by atoms with E-state index in [2.05, 4.69) is 22.4 Å². The third-order valence-electron chi connectivity index (χ3n) is 3.84. The van der Waals surface area contributed by atoms with Crippen LogP contribution in [0.4, 0.5) is 0 Å². The van der Waals surface area contributed by atoms with Crippen LogP contribution in [0, 0.1) is 5.92 Å². The van der Waals surface area contributed by atoms with Crippen molar-refractivity contribution in [3.63, 3.8) is 0 Å². The number of rotatable bonds is 9. The van der Waals surface area contributed by atoms with Crippen molar-refractivity contribution >= 4 is 11.9 Å². The number of aromatic amines is 1. The van der Waals surface area contributed by atoms with E-state index in [0.717, 1.165) is 24.1 Å². The van der Waals surface area contributed by atoms with Crippen molar-refractivity contribution in [1.82, 2.24) is 15.5 Å². The van der Waals surface area contributed by atoms with E-state index in [4.69, 9.17) is 4.74 Å². The number of aromatic nitrogens is 2. The maximum Gasteiger partial charge on any atom is 0.311 e. The molecule has 6 heteroatoms.